The molecule has 0 saturated heterocycles. The van der Waals surface area contributed by atoms with Gasteiger partial charge in [0, 0.05) is 22.1 Å². The lowest BCUT2D eigenvalue weighted by Crippen LogP contribution is -2.27. The first-order valence-corrected chi connectivity index (χ1v) is 10.1. The standard InChI is InChI=1S/C25H24ClN3O/c1-16-10-11-23(14-24(16)26)29-17(2)12-21(19(29)4)13-22(15-27)25(30)28-18(3)20-8-6-5-7-9-20/h5-14,18H,1-4H3,(H,28,30)/b22-13+/t18-/m0/s1. The fourth-order valence-electron chi connectivity index (χ4n) is 3.46. The zero-order valence-corrected chi connectivity index (χ0v) is 18.3. The summed E-state index contributed by atoms with van der Waals surface area (Å²) in [7, 11) is 0. The third kappa shape index (κ3) is 4.48. The van der Waals surface area contributed by atoms with Gasteiger partial charge in [0.1, 0.15) is 11.6 Å². The summed E-state index contributed by atoms with van der Waals surface area (Å²) in [6.45, 7) is 7.81. The quantitative estimate of drug-likeness (QED) is 0.418. The van der Waals surface area contributed by atoms with Crippen molar-refractivity contribution in [2.24, 2.45) is 0 Å². The van der Waals surface area contributed by atoms with Crippen LogP contribution in [0.4, 0.5) is 0 Å². The zero-order chi connectivity index (χ0) is 21.8. The molecule has 4 nitrogen and oxygen atoms in total. The molecule has 2 aromatic carbocycles. The first kappa shape index (κ1) is 21.4. The maximum Gasteiger partial charge on any atom is 0.262 e. The smallest absolute Gasteiger partial charge is 0.262 e. The van der Waals surface area contributed by atoms with Gasteiger partial charge in [0.15, 0.2) is 0 Å². The summed E-state index contributed by atoms with van der Waals surface area (Å²) >= 11 is 6.30. The van der Waals surface area contributed by atoms with Crippen LogP contribution in [0.1, 0.15) is 41.0 Å². The summed E-state index contributed by atoms with van der Waals surface area (Å²) in [5.41, 5.74) is 5.76. The molecular weight excluding hydrogens is 394 g/mol. The maximum atomic E-state index is 12.7. The zero-order valence-electron chi connectivity index (χ0n) is 17.5. The van der Waals surface area contributed by atoms with E-state index in [1.807, 2.05) is 88.4 Å². The molecule has 3 aromatic rings. The van der Waals surface area contributed by atoms with Crippen LogP contribution in [-0.4, -0.2) is 10.5 Å². The van der Waals surface area contributed by atoms with Crippen LogP contribution >= 0.6 is 11.6 Å². The van der Waals surface area contributed by atoms with Crippen molar-refractivity contribution < 1.29 is 4.79 Å². The van der Waals surface area contributed by atoms with Gasteiger partial charge in [0.25, 0.3) is 5.91 Å². The van der Waals surface area contributed by atoms with E-state index in [9.17, 15) is 10.1 Å². The van der Waals surface area contributed by atoms with E-state index in [1.54, 1.807) is 6.08 Å². The van der Waals surface area contributed by atoms with E-state index in [0.29, 0.717) is 5.02 Å². The summed E-state index contributed by atoms with van der Waals surface area (Å²) in [6, 6.07) is 19.4. The van der Waals surface area contributed by atoms with Crippen molar-refractivity contribution in [1.82, 2.24) is 9.88 Å². The van der Waals surface area contributed by atoms with E-state index in [0.717, 1.165) is 33.8 Å². The Morgan fingerprint density at radius 2 is 1.83 bits per heavy atom. The van der Waals surface area contributed by atoms with Crippen molar-refractivity contribution in [3.8, 4) is 11.8 Å². The van der Waals surface area contributed by atoms with Gasteiger partial charge in [-0.05, 0) is 68.7 Å². The highest BCUT2D eigenvalue weighted by atomic mass is 35.5. The second kappa shape index (κ2) is 9.02. The number of halogens is 1. The molecule has 1 atom stereocenters. The molecule has 0 aliphatic carbocycles. The number of carbonyl (C=O) groups excluding carboxylic acids is 1. The van der Waals surface area contributed by atoms with Crippen LogP contribution in [0.3, 0.4) is 0 Å². The fraction of sp³-hybridized carbons (Fsp3) is 0.200. The van der Waals surface area contributed by atoms with Gasteiger partial charge in [-0.15, -0.1) is 0 Å². The Hall–Kier alpha value is -3.29. The number of hydrogen-bond donors (Lipinski definition) is 1. The molecule has 3 rings (SSSR count). The van der Waals surface area contributed by atoms with Gasteiger partial charge in [0.05, 0.1) is 6.04 Å². The third-order valence-electron chi connectivity index (χ3n) is 5.20. The molecule has 0 fully saturated rings. The van der Waals surface area contributed by atoms with Gasteiger partial charge in [-0.3, -0.25) is 4.79 Å². The van der Waals surface area contributed by atoms with Crippen LogP contribution in [0.25, 0.3) is 11.8 Å². The topological polar surface area (TPSA) is 57.8 Å². The molecule has 5 heteroatoms. The number of amides is 1. The van der Waals surface area contributed by atoms with Gasteiger partial charge in [0.2, 0.25) is 0 Å². The van der Waals surface area contributed by atoms with Crippen LogP contribution < -0.4 is 5.32 Å². The van der Waals surface area contributed by atoms with E-state index in [4.69, 9.17) is 11.6 Å². The van der Waals surface area contributed by atoms with Crippen LogP contribution in [-0.2, 0) is 4.79 Å². The minimum atomic E-state index is -0.392. The largest absolute Gasteiger partial charge is 0.345 e. The summed E-state index contributed by atoms with van der Waals surface area (Å²) in [5.74, 6) is -0.392. The van der Waals surface area contributed by atoms with Crippen molar-refractivity contribution in [2.45, 2.75) is 33.7 Å². The SMILES string of the molecule is Cc1ccc(-n2c(C)cc(/C=C(\C#N)C(=O)N[C@@H](C)c3ccccc3)c2C)cc1Cl. The number of carbonyl (C=O) groups is 1. The summed E-state index contributed by atoms with van der Waals surface area (Å²) in [6.07, 6.45) is 1.64. The molecule has 0 aliphatic heterocycles. The molecule has 1 N–H and O–H groups in total. The van der Waals surface area contributed by atoms with E-state index < -0.39 is 5.91 Å². The van der Waals surface area contributed by atoms with E-state index in [2.05, 4.69) is 9.88 Å². The molecule has 0 aliphatic rings. The molecule has 1 aromatic heterocycles. The first-order chi connectivity index (χ1) is 14.3. The van der Waals surface area contributed by atoms with E-state index in [1.165, 1.54) is 0 Å². The highest BCUT2D eigenvalue weighted by molar-refractivity contribution is 6.31. The predicted octanol–water partition coefficient (Wildman–Crippen LogP) is 5.84. The van der Waals surface area contributed by atoms with Gasteiger partial charge in [-0.2, -0.15) is 5.26 Å². The number of nitriles is 1. The van der Waals surface area contributed by atoms with Gasteiger partial charge in [-0.25, -0.2) is 0 Å². The minimum absolute atomic E-state index is 0.0694. The van der Waals surface area contributed by atoms with Crippen LogP contribution in [0, 0.1) is 32.1 Å². The molecule has 152 valence electrons. The normalized spacial score (nSPS) is 12.3. The molecular formula is C25H24ClN3O. The van der Waals surface area contributed by atoms with E-state index >= 15 is 0 Å². The second-order valence-corrected chi connectivity index (χ2v) is 7.78. The minimum Gasteiger partial charge on any atom is -0.345 e. The van der Waals surface area contributed by atoms with Crippen molar-refractivity contribution in [1.29, 1.82) is 5.26 Å². The second-order valence-electron chi connectivity index (χ2n) is 7.37. The molecule has 30 heavy (non-hydrogen) atoms. The Balaban J connectivity index is 1.90. The molecule has 0 unspecified atom stereocenters. The lowest BCUT2D eigenvalue weighted by atomic mass is 10.1. The van der Waals surface area contributed by atoms with Crippen LogP contribution in [0.2, 0.25) is 5.02 Å². The lowest BCUT2D eigenvalue weighted by molar-refractivity contribution is -0.117. The van der Waals surface area contributed by atoms with Gasteiger partial charge < -0.3 is 9.88 Å². The Morgan fingerprint density at radius 1 is 1.13 bits per heavy atom. The monoisotopic (exact) mass is 417 g/mol. The number of nitrogens with one attached hydrogen (secondary N) is 1. The highest BCUT2D eigenvalue weighted by Gasteiger charge is 2.16. The molecule has 1 heterocycles. The Kier molecular flexibility index (Phi) is 6.44. The average molecular weight is 418 g/mol. The first-order valence-electron chi connectivity index (χ1n) is 9.75. The average Bonchev–Trinajstić information content (AvgIpc) is 3.01. The summed E-state index contributed by atoms with van der Waals surface area (Å²) in [5, 5.41) is 13.2. The van der Waals surface area contributed by atoms with Crippen LogP contribution in [0.15, 0.2) is 60.2 Å². The summed E-state index contributed by atoms with van der Waals surface area (Å²) < 4.78 is 2.07. The Bertz CT molecular complexity index is 1150. The van der Waals surface area contributed by atoms with Crippen molar-refractivity contribution in [3.05, 3.63) is 93.3 Å². The number of aryl methyl sites for hydroxylation is 2. The molecule has 0 spiro atoms. The van der Waals surface area contributed by atoms with Crippen molar-refractivity contribution in [2.75, 3.05) is 0 Å². The molecule has 0 radical (unpaired) electrons. The number of nitrogens with zero attached hydrogens (tertiary/aromatic N) is 2. The Morgan fingerprint density at radius 3 is 2.47 bits per heavy atom. The predicted molar refractivity (Wildman–Crippen MR) is 122 cm³/mol. The Labute approximate surface area is 182 Å². The van der Waals surface area contributed by atoms with Gasteiger partial charge in [-0.1, -0.05) is 48.0 Å². The van der Waals surface area contributed by atoms with Crippen LogP contribution in [0.5, 0.6) is 0 Å². The number of aromatic nitrogens is 1. The number of hydrogen-bond acceptors (Lipinski definition) is 2. The summed E-state index contributed by atoms with van der Waals surface area (Å²) in [4.78, 5) is 12.7. The molecule has 0 saturated carbocycles. The molecule has 0 bridgehead atoms. The highest BCUT2D eigenvalue weighted by Crippen LogP contribution is 2.26. The van der Waals surface area contributed by atoms with E-state index in [-0.39, 0.29) is 11.6 Å². The fourth-order valence-corrected chi connectivity index (χ4v) is 3.63. The molecule has 1 amide bonds. The van der Waals surface area contributed by atoms with Gasteiger partial charge >= 0.3 is 0 Å². The third-order valence-corrected chi connectivity index (χ3v) is 5.60. The van der Waals surface area contributed by atoms with Crippen molar-refractivity contribution in [3.63, 3.8) is 0 Å². The lowest BCUT2D eigenvalue weighted by Gasteiger charge is -2.14. The maximum absolute atomic E-state index is 12.7. The number of rotatable bonds is 5. The van der Waals surface area contributed by atoms with Crippen molar-refractivity contribution >= 4 is 23.6 Å². The number of benzene rings is 2.